The Labute approximate surface area is 138 Å². The highest BCUT2D eigenvalue weighted by atomic mass is 32.1. The van der Waals surface area contributed by atoms with Crippen molar-refractivity contribution in [1.82, 2.24) is 15.3 Å². The number of aryl methyl sites for hydroxylation is 1. The summed E-state index contributed by atoms with van der Waals surface area (Å²) in [5.41, 5.74) is 0. The van der Waals surface area contributed by atoms with Crippen molar-refractivity contribution in [2.75, 3.05) is 18.4 Å². The summed E-state index contributed by atoms with van der Waals surface area (Å²) in [7, 11) is 0. The van der Waals surface area contributed by atoms with Crippen LogP contribution in [0.25, 0.3) is 10.2 Å². The molecule has 7 nitrogen and oxygen atoms in total. The van der Waals surface area contributed by atoms with Gasteiger partial charge in [0.05, 0.1) is 5.39 Å². The van der Waals surface area contributed by atoms with Crippen molar-refractivity contribution in [2.45, 2.75) is 32.6 Å². The Hall–Kier alpha value is -2.22. The number of nitrogens with zero attached hydrogens (tertiary/aromatic N) is 2. The average Bonchev–Trinajstić information content (AvgIpc) is 2.89. The number of nitrogens with one attached hydrogen (secondary N) is 2. The Morgan fingerprint density at radius 3 is 2.78 bits per heavy atom. The number of rotatable bonds is 9. The topological polar surface area (TPSA) is 104 Å². The third kappa shape index (κ3) is 5.48. The van der Waals surface area contributed by atoms with Crippen molar-refractivity contribution in [3.63, 3.8) is 0 Å². The maximum Gasteiger partial charge on any atom is 0.303 e. The molecule has 0 bridgehead atoms. The smallest absolute Gasteiger partial charge is 0.303 e. The van der Waals surface area contributed by atoms with Gasteiger partial charge in [-0.15, -0.1) is 11.3 Å². The van der Waals surface area contributed by atoms with Crippen LogP contribution >= 0.6 is 11.3 Å². The Morgan fingerprint density at radius 2 is 2.00 bits per heavy atom. The van der Waals surface area contributed by atoms with Crippen LogP contribution in [0.4, 0.5) is 5.82 Å². The van der Waals surface area contributed by atoms with E-state index in [1.165, 1.54) is 11.2 Å². The zero-order valence-electron chi connectivity index (χ0n) is 13.0. The summed E-state index contributed by atoms with van der Waals surface area (Å²) in [5.74, 6) is -0.110. The molecule has 2 aromatic heterocycles. The fourth-order valence-electron chi connectivity index (χ4n) is 2.13. The molecule has 0 aliphatic rings. The lowest BCUT2D eigenvalue weighted by molar-refractivity contribution is -0.137. The average molecular weight is 336 g/mol. The molecule has 0 radical (unpaired) electrons. The van der Waals surface area contributed by atoms with Gasteiger partial charge in [-0.1, -0.05) is 0 Å². The highest BCUT2D eigenvalue weighted by Gasteiger charge is 2.07. The van der Waals surface area contributed by atoms with E-state index in [4.69, 9.17) is 5.11 Å². The first-order chi connectivity index (χ1) is 11.1. The second kappa shape index (κ2) is 8.42. The number of hydrogen-bond acceptors (Lipinski definition) is 6. The maximum atomic E-state index is 11.6. The van der Waals surface area contributed by atoms with Crippen LogP contribution in [0.1, 0.15) is 30.6 Å². The van der Waals surface area contributed by atoms with Gasteiger partial charge in [-0.25, -0.2) is 9.97 Å². The molecular weight excluding hydrogens is 316 g/mol. The van der Waals surface area contributed by atoms with Gasteiger partial charge in [0.25, 0.3) is 0 Å². The normalized spacial score (nSPS) is 10.7. The molecule has 0 unspecified atom stereocenters. The Morgan fingerprint density at radius 1 is 1.22 bits per heavy atom. The van der Waals surface area contributed by atoms with Crippen molar-refractivity contribution in [1.29, 1.82) is 0 Å². The number of aromatic nitrogens is 2. The van der Waals surface area contributed by atoms with Crippen LogP contribution < -0.4 is 10.6 Å². The molecule has 1 amide bonds. The molecule has 8 heteroatoms. The SMILES string of the molecule is Cc1cc2c(NCCCC(=O)NCCCC(=O)O)ncnc2s1. The fourth-order valence-corrected chi connectivity index (χ4v) is 2.98. The first kappa shape index (κ1) is 17.1. The number of carbonyl (C=O) groups is 2. The quantitative estimate of drug-likeness (QED) is 0.606. The standard InChI is InChI=1S/C15H20N4O3S/c1-10-8-11-14(18-9-19-15(11)23-10)17-7-2-4-12(20)16-6-3-5-13(21)22/h8-9H,2-7H2,1H3,(H,16,20)(H,21,22)(H,17,18,19). The van der Waals surface area contributed by atoms with Gasteiger partial charge in [-0.2, -0.15) is 0 Å². The molecular formula is C15H20N4O3S. The van der Waals surface area contributed by atoms with E-state index < -0.39 is 5.97 Å². The lowest BCUT2D eigenvalue weighted by Gasteiger charge is -2.07. The number of anilines is 1. The molecule has 3 N–H and O–H groups in total. The number of amides is 1. The summed E-state index contributed by atoms with van der Waals surface area (Å²) in [6.45, 7) is 3.08. The molecule has 0 spiro atoms. The zero-order valence-corrected chi connectivity index (χ0v) is 13.8. The number of carbonyl (C=O) groups excluding carboxylic acids is 1. The van der Waals surface area contributed by atoms with Gasteiger partial charge in [0, 0.05) is 30.8 Å². The maximum absolute atomic E-state index is 11.6. The summed E-state index contributed by atoms with van der Waals surface area (Å²) >= 11 is 1.63. The number of carboxylic acid groups (broad SMARTS) is 1. The molecule has 2 aromatic rings. The van der Waals surface area contributed by atoms with Gasteiger partial charge in [-0.3, -0.25) is 9.59 Å². The Balaban J connectivity index is 1.68. The highest BCUT2D eigenvalue weighted by Crippen LogP contribution is 2.27. The molecule has 23 heavy (non-hydrogen) atoms. The molecule has 2 heterocycles. The molecule has 2 rings (SSSR count). The zero-order chi connectivity index (χ0) is 16.7. The first-order valence-corrected chi connectivity index (χ1v) is 8.31. The van der Waals surface area contributed by atoms with E-state index in [-0.39, 0.29) is 12.3 Å². The van der Waals surface area contributed by atoms with Crippen LogP contribution in [-0.2, 0) is 9.59 Å². The van der Waals surface area contributed by atoms with Crippen LogP contribution in [0.2, 0.25) is 0 Å². The third-order valence-electron chi connectivity index (χ3n) is 3.22. The summed E-state index contributed by atoms with van der Waals surface area (Å²) in [5, 5.41) is 15.5. The highest BCUT2D eigenvalue weighted by molar-refractivity contribution is 7.18. The first-order valence-electron chi connectivity index (χ1n) is 7.50. The Kier molecular flexibility index (Phi) is 6.28. The molecule has 0 atom stereocenters. The van der Waals surface area contributed by atoms with E-state index in [1.807, 2.05) is 6.92 Å². The largest absolute Gasteiger partial charge is 0.481 e. The van der Waals surface area contributed by atoms with Crippen LogP contribution in [-0.4, -0.2) is 40.0 Å². The summed E-state index contributed by atoms with van der Waals surface area (Å²) in [6.07, 6.45) is 3.15. The van der Waals surface area contributed by atoms with Crippen LogP contribution in [0.15, 0.2) is 12.4 Å². The van der Waals surface area contributed by atoms with Crippen LogP contribution in [0, 0.1) is 6.92 Å². The number of hydrogen-bond donors (Lipinski definition) is 3. The Bertz CT molecular complexity index is 686. The molecule has 0 aliphatic heterocycles. The van der Waals surface area contributed by atoms with Gasteiger partial charge in [0.1, 0.15) is 17.0 Å². The minimum Gasteiger partial charge on any atom is -0.481 e. The van der Waals surface area contributed by atoms with Crippen LogP contribution in [0.3, 0.4) is 0 Å². The van der Waals surface area contributed by atoms with E-state index in [9.17, 15) is 9.59 Å². The van der Waals surface area contributed by atoms with Crippen molar-refractivity contribution < 1.29 is 14.7 Å². The van der Waals surface area contributed by atoms with Crippen molar-refractivity contribution in [2.24, 2.45) is 0 Å². The molecule has 124 valence electrons. The van der Waals surface area contributed by atoms with Gasteiger partial charge in [0.15, 0.2) is 0 Å². The molecule has 0 saturated carbocycles. The van der Waals surface area contributed by atoms with Gasteiger partial charge < -0.3 is 15.7 Å². The fraction of sp³-hybridized carbons (Fsp3) is 0.467. The molecule has 0 aliphatic carbocycles. The summed E-state index contributed by atoms with van der Waals surface area (Å²) in [6, 6.07) is 2.05. The lowest BCUT2D eigenvalue weighted by atomic mass is 10.2. The third-order valence-corrected chi connectivity index (χ3v) is 4.17. The molecule has 0 saturated heterocycles. The summed E-state index contributed by atoms with van der Waals surface area (Å²) < 4.78 is 0. The predicted octanol–water partition coefficient (Wildman–Crippen LogP) is 2.17. The number of aliphatic carboxylic acids is 1. The van der Waals surface area contributed by atoms with E-state index in [2.05, 4.69) is 26.7 Å². The van der Waals surface area contributed by atoms with Crippen molar-refractivity contribution in [3.8, 4) is 0 Å². The second-order valence-electron chi connectivity index (χ2n) is 5.18. The molecule has 0 aromatic carbocycles. The van der Waals surface area contributed by atoms with Gasteiger partial charge >= 0.3 is 5.97 Å². The number of carboxylic acids is 1. The monoisotopic (exact) mass is 336 g/mol. The van der Waals surface area contributed by atoms with E-state index in [1.54, 1.807) is 11.3 Å². The van der Waals surface area contributed by atoms with E-state index >= 15 is 0 Å². The predicted molar refractivity (Wildman–Crippen MR) is 89.8 cm³/mol. The van der Waals surface area contributed by atoms with Gasteiger partial charge in [-0.05, 0) is 25.8 Å². The lowest BCUT2D eigenvalue weighted by Crippen LogP contribution is -2.25. The summed E-state index contributed by atoms with van der Waals surface area (Å²) in [4.78, 5) is 32.6. The van der Waals surface area contributed by atoms with Crippen LogP contribution in [0.5, 0.6) is 0 Å². The number of fused-ring (bicyclic) bond motifs is 1. The second-order valence-corrected chi connectivity index (χ2v) is 6.41. The van der Waals surface area contributed by atoms with Crippen molar-refractivity contribution >= 4 is 39.2 Å². The van der Waals surface area contributed by atoms with E-state index in [0.29, 0.717) is 32.4 Å². The van der Waals surface area contributed by atoms with Crippen molar-refractivity contribution in [3.05, 3.63) is 17.3 Å². The molecule has 0 fully saturated rings. The minimum absolute atomic E-state index is 0.0589. The number of thiophene rings is 1. The van der Waals surface area contributed by atoms with E-state index in [0.717, 1.165) is 16.0 Å². The van der Waals surface area contributed by atoms with Gasteiger partial charge in [0.2, 0.25) is 5.91 Å². The minimum atomic E-state index is -0.844.